The largest absolute Gasteiger partial charge is 0.314 e. The van der Waals surface area contributed by atoms with Gasteiger partial charge in [-0.1, -0.05) is 20.8 Å². The normalized spacial score (nSPS) is 14.9. The van der Waals surface area contributed by atoms with E-state index in [2.05, 4.69) is 49.0 Å². The summed E-state index contributed by atoms with van der Waals surface area (Å²) in [6.45, 7) is 12.0. The standard InChI is InChI=1S/C14H25N3/c1-6-7-15-12(5)14(10(2)3)13-8-11(4)16-9-17-13/h8-10,12,14-15H,6-7H2,1-5H3. The zero-order valence-electron chi connectivity index (χ0n) is 11.7. The van der Waals surface area contributed by atoms with Crippen LogP contribution in [0, 0.1) is 12.8 Å². The van der Waals surface area contributed by atoms with Crippen LogP contribution in [0.5, 0.6) is 0 Å². The molecule has 3 nitrogen and oxygen atoms in total. The Bertz CT molecular complexity index is 336. The third-order valence-corrected chi connectivity index (χ3v) is 3.14. The molecule has 0 radical (unpaired) electrons. The zero-order valence-corrected chi connectivity index (χ0v) is 11.7. The quantitative estimate of drug-likeness (QED) is 0.824. The van der Waals surface area contributed by atoms with Gasteiger partial charge in [0.2, 0.25) is 0 Å². The van der Waals surface area contributed by atoms with E-state index in [0.717, 1.165) is 24.4 Å². The Morgan fingerprint density at radius 2 is 1.94 bits per heavy atom. The highest BCUT2D eigenvalue weighted by molar-refractivity contribution is 5.14. The fourth-order valence-corrected chi connectivity index (χ4v) is 2.33. The molecule has 0 saturated heterocycles. The summed E-state index contributed by atoms with van der Waals surface area (Å²) >= 11 is 0. The summed E-state index contributed by atoms with van der Waals surface area (Å²) < 4.78 is 0. The summed E-state index contributed by atoms with van der Waals surface area (Å²) in [5.74, 6) is 1.02. The van der Waals surface area contributed by atoms with Crippen molar-refractivity contribution in [1.82, 2.24) is 15.3 Å². The van der Waals surface area contributed by atoms with Crippen LogP contribution in [-0.4, -0.2) is 22.6 Å². The van der Waals surface area contributed by atoms with Crippen LogP contribution in [0.15, 0.2) is 12.4 Å². The molecule has 0 saturated carbocycles. The highest BCUT2D eigenvalue weighted by Crippen LogP contribution is 2.26. The van der Waals surface area contributed by atoms with E-state index in [-0.39, 0.29) is 0 Å². The van der Waals surface area contributed by atoms with Crippen molar-refractivity contribution in [3.63, 3.8) is 0 Å². The predicted octanol–water partition coefficient (Wildman–Crippen LogP) is 2.91. The first-order valence-corrected chi connectivity index (χ1v) is 6.58. The molecular weight excluding hydrogens is 210 g/mol. The van der Waals surface area contributed by atoms with Gasteiger partial charge in [-0.05, 0) is 38.8 Å². The maximum atomic E-state index is 4.44. The van der Waals surface area contributed by atoms with Gasteiger partial charge in [-0.15, -0.1) is 0 Å². The molecule has 17 heavy (non-hydrogen) atoms. The number of nitrogens with one attached hydrogen (secondary N) is 1. The first-order chi connectivity index (χ1) is 8.06. The third-order valence-electron chi connectivity index (χ3n) is 3.14. The van der Waals surface area contributed by atoms with Crippen molar-refractivity contribution in [2.75, 3.05) is 6.54 Å². The minimum absolute atomic E-state index is 0.447. The van der Waals surface area contributed by atoms with E-state index in [9.17, 15) is 0 Å². The number of hydrogen-bond acceptors (Lipinski definition) is 3. The van der Waals surface area contributed by atoms with Gasteiger partial charge in [0.25, 0.3) is 0 Å². The second-order valence-corrected chi connectivity index (χ2v) is 5.10. The molecule has 0 aliphatic rings. The molecule has 3 heteroatoms. The van der Waals surface area contributed by atoms with Gasteiger partial charge >= 0.3 is 0 Å². The molecule has 1 heterocycles. The smallest absolute Gasteiger partial charge is 0.115 e. The first-order valence-electron chi connectivity index (χ1n) is 6.58. The minimum atomic E-state index is 0.447. The van der Waals surface area contributed by atoms with E-state index in [1.54, 1.807) is 6.33 Å². The summed E-state index contributed by atoms with van der Waals surface area (Å²) in [6.07, 6.45) is 2.84. The van der Waals surface area contributed by atoms with Crippen molar-refractivity contribution in [3.8, 4) is 0 Å². The Balaban J connectivity index is 2.85. The van der Waals surface area contributed by atoms with E-state index >= 15 is 0 Å². The van der Waals surface area contributed by atoms with Crippen molar-refractivity contribution in [1.29, 1.82) is 0 Å². The lowest BCUT2D eigenvalue weighted by atomic mass is 9.86. The monoisotopic (exact) mass is 235 g/mol. The molecule has 1 aromatic heterocycles. The Kier molecular flexibility index (Phi) is 5.56. The van der Waals surface area contributed by atoms with Gasteiger partial charge in [-0.2, -0.15) is 0 Å². The Morgan fingerprint density at radius 1 is 1.24 bits per heavy atom. The van der Waals surface area contributed by atoms with Gasteiger partial charge in [0.05, 0.1) is 0 Å². The first kappa shape index (κ1) is 14.1. The fourth-order valence-electron chi connectivity index (χ4n) is 2.33. The van der Waals surface area contributed by atoms with Crippen LogP contribution < -0.4 is 5.32 Å². The SMILES string of the molecule is CCCNC(C)C(c1cc(C)ncn1)C(C)C. The number of aromatic nitrogens is 2. The van der Waals surface area contributed by atoms with Gasteiger partial charge in [0.15, 0.2) is 0 Å². The lowest BCUT2D eigenvalue weighted by molar-refractivity contribution is 0.370. The van der Waals surface area contributed by atoms with Crippen molar-refractivity contribution >= 4 is 0 Å². The molecule has 2 atom stereocenters. The second kappa shape index (κ2) is 6.70. The molecule has 0 aromatic carbocycles. The lowest BCUT2D eigenvalue weighted by Crippen LogP contribution is -2.35. The predicted molar refractivity (Wildman–Crippen MR) is 72.1 cm³/mol. The number of hydrogen-bond donors (Lipinski definition) is 1. The van der Waals surface area contributed by atoms with Crippen LogP contribution in [0.1, 0.15) is 51.4 Å². The molecular formula is C14H25N3. The number of rotatable bonds is 6. The summed E-state index contributed by atoms with van der Waals surface area (Å²) in [7, 11) is 0. The van der Waals surface area contributed by atoms with Gasteiger partial charge in [-0.25, -0.2) is 9.97 Å². The van der Waals surface area contributed by atoms with Crippen LogP contribution in [0.4, 0.5) is 0 Å². The van der Waals surface area contributed by atoms with Crippen LogP contribution in [0.25, 0.3) is 0 Å². The average Bonchev–Trinajstić information content (AvgIpc) is 2.26. The molecule has 2 unspecified atom stereocenters. The van der Waals surface area contributed by atoms with E-state index in [0.29, 0.717) is 17.9 Å². The van der Waals surface area contributed by atoms with E-state index < -0.39 is 0 Å². The van der Waals surface area contributed by atoms with E-state index in [1.807, 2.05) is 6.92 Å². The van der Waals surface area contributed by atoms with E-state index in [1.165, 1.54) is 0 Å². The lowest BCUT2D eigenvalue weighted by Gasteiger charge is -2.28. The van der Waals surface area contributed by atoms with Gasteiger partial charge in [0, 0.05) is 23.3 Å². The molecule has 0 aliphatic carbocycles. The van der Waals surface area contributed by atoms with Crippen molar-refractivity contribution < 1.29 is 0 Å². The number of nitrogens with zero attached hydrogens (tertiary/aromatic N) is 2. The Labute approximate surface area is 105 Å². The maximum absolute atomic E-state index is 4.44. The zero-order chi connectivity index (χ0) is 12.8. The molecule has 0 fully saturated rings. The van der Waals surface area contributed by atoms with Crippen LogP contribution in [0.2, 0.25) is 0 Å². The number of aryl methyl sites for hydroxylation is 1. The van der Waals surface area contributed by atoms with Crippen molar-refractivity contribution in [2.45, 2.75) is 53.0 Å². The Morgan fingerprint density at radius 3 is 2.47 bits per heavy atom. The van der Waals surface area contributed by atoms with E-state index in [4.69, 9.17) is 0 Å². The molecule has 1 N–H and O–H groups in total. The van der Waals surface area contributed by atoms with Gasteiger partial charge < -0.3 is 5.32 Å². The van der Waals surface area contributed by atoms with Gasteiger partial charge in [0.1, 0.15) is 6.33 Å². The molecule has 0 aliphatic heterocycles. The maximum Gasteiger partial charge on any atom is 0.115 e. The second-order valence-electron chi connectivity index (χ2n) is 5.10. The van der Waals surface area contributed by atoms with Gasteiger partial charge in [-0.3, -0.25) is 0 Å². The Hall–Kier alpha value is -0.960. The third kappa shape index (κ3) is 4.08. The highest BCUT2D eigenvalue weighted by Gasteiger charge is 2.23. The minimum Gasteiger partial charge on any atom is -0.314 e. The van der Waals surface area contributed by atoms with Crippen LogP contribution in [0.3, 0.4) is 0 Å². The summed E-state index contributed by atoms with van der Waals surface area (Å²) in [4.78, 5) is 8.61. The van der Waals surface area contributed by atoms with Crippen LogP contribution >= 0.6 is 0 Å². The molecule has 0 spiro atoms. The molecule has 96 valence electrons. The molecule has 1 aromatic rings. The van der Waals surface area contributed by atoms with Crippen LogP contribution in [-0.2, 0) is 0 Å². The fraction of sp³-hybridized carbons (Fsp3) is 0.714. The summed E-state index contributed by atoms with van der Waals surface area (Å²) in [6, 6.07) is 2.55. The molecule has 0 bridgehead atoms. The average molecular weight is 235 g/mol. The summed E-state index contributed by atoms with van der Waals surface area (Å²) in [5.41, 5.74) is 2.20. The summed E-state index contributed by atoms with van der Waals surface area (Å²) in [5, 5.41) is 3.57. The van der Waals surface area contributed by atoms with Crippen molar-refractivity contribution in [2.24, 2.45) is 5.92 Å². The molecule has 1 rings (SSSR count). The van der Waals surface area contributed by atoms with Crippen molar-refractivity contribution in [3.05, 3.63) is 23.8 Å². The molecule has 0 amide bonds. The topological polar surface area (TPSA) is 37.8 Å². The highest BCUT2D eigenvalue weighted by atomic mass is 14.9.